The van der Waals surface area contributed by atoms with Crippen molar-refractivity contribution < 1.29 is 4.74 Å². The summed E-state index contributed by atoms with van der Waals surface area (Å²) in [4.78, 5) is 0. The predicted molar refractivity (Wildman–Crippen MR) is 60.8 cm³/mol. The lowest BCUT2D eigenvalue weighted by Gasteiger charge is -2.12. The Labute approximate surface area is 91.6 Å². The van der Waals surface area contributed by atoms with E-state index in [9.17, 15) is 0 Å². The van der Waals surface area contributed by atoms with Crippen LogP contribution in [-0.4, -0.2) is 6.61 Å². The molecule has 1 aromatic rings. The largest absolute Gasteiger partial charge is 0.492 e. The lowest BCUT2D eigenvalue weighted by Crippen LogP contribution is -2.09. The van der Waals surface area contributed by atoms with Crippen molar-refractivity contribution in [2.24, 2.45) is 5.73 Å². The Morgan fingerprint density at radius 1 is 1.46 bits per heavy atom. The molecule has 0 unspecified atom stereocenters. The number of benzene rings is 1. The van der Waals surface area contributed by atoms with Crippen molar-refractivity contribution in [3.8, 4) is 5.75 Å². The standard InChI is InChI=1S/C10H12INO/c11-8-4-1-3-7-9(12)5-2-6-13-10(7)8/h1,3-4,9H,2,5-6,12H2/t9-/m1/s1. The number of hydrogen-bond donors (Lipinski definition) is 1. The Bertz CT molecular complexity index is 314. The normalized spacial score (nSPS) is 21.5. The Balaban J connectivity index is 2.47. The fourth-order valence-corrected chi connectivity index (χ4v) is 2.28. The van der Waals surface area contributed by atoms with Gasteiger partial charge in [-0.25, -0.2) is 0 Å². The Morgan fingerprint density at radius 3 is 3.15 bits per heavy atom. The number of ether oxygens (including phenoxy) is 1. The van der Waals surface area contributed by atoms with Gasteiger partial charge in [-0.3, -0.25) is 0 Å². The van der Waals surface area contributed by atoms with Crippen molar-refractivity contribution in [3.05, 3.63) is 27.3 Å². The van der Waals surface area contributed by atoms with E-state index >= 15 is 0 Å². The number of rotatable bonds is 0. The average Bonchev–Trinajstić information content (AvgIpc) is 2.30. The molecule has 2 rings (SSSR count). The first kappa shape index (κ1) is 9.27. The monoisotopic (exact) mass is 289 g/mol. The topological polar surface area (TPSA) is 35.2 Å². The smallest absolute Gasteiger partial charge is 0.137 e. The zero-order valence-electron chi connectivity index (χ0n) is 7.29. The highest BCUT2D eigenvalue weighted by molar-refractivity contribution is 14.1. The van der Waals surface area contributed by atoms with Crippen LogP contribution in [0.25, 0.3) is 0 Å². The molecule has 0 saturated heterocycles. The van der Waals surface area contributed by atoms with E-state index < -0.39 is 0 Å². The molecule has 0 fully saturated rings. The molecule has 2 nitrogen and oxygen atoms in total. The predicted octanol–water partition coefficient (Wildman–Crippen LogP) is 2.46. The minimum absolute atomic E-state index is 0.146. The summed E-state index contributed by atoms with van der Waals surface area (Å²) >= 11 is 2.29. The van der Waals surface area contributed by atoms with Gasteiger partial charge < -0.3 is 10.5 Å². The van der Waals surface area contributed by atoms with Crippen LogP contribution in [0.3, 0.4) is 0 Å². The van der Waals surface area contributed by atoms with Crippen LogP contribution in [0.4, 0.5) is 0 Å². The molecule has 0 radical (unpaired) electrons. The highest BCUT2D eigenvalue weighted by atomic mass is 127. The van der Waals surface area contributed by atoms with E-state index in [-0.39, 0.29) is 6.04 Å². The van der Waals surface area contributed by atoms with Crippen molar-refractivity contribution in [3.63, 3.8) is 0 Å². The molecule has 0 amide bonds. The van der Waals surface area contributed by atoms with E-state index in [1.54, 1.807) is 0 Å². The first-order chi connectivity index (χ1) is 6.29. The van der Waals surface area contributed by atoms with E-state index in [4.69, 9.17) is 10.5 Å². The molecule has 2 N–H and O–H groups in total. The molecule has 0 spiro atoms. The van der Waals surface area contributed by atoms with Gasteiger partial charge in [0.1, 0.15) is 5.75 Å². The summed E-state index contributed by atoms with van der Waals surface area (Å²) in [6.07, 6.45) is 2.07. The van der Waals surface area contributed by atoms with Gasteiger partial charge in [-0.2, -0.15) is 0 Å². The molecule has 0 saturated carbocycles. The molecule has 1 aromatic carbocycles. The minimum Gasteiger partial charge on any atom is -0.492 e. The summed E-state index contributed by atoms with van der Waals surface area (Å²) in [6.45, 7) is 0.792. The van der Waals surface area contributed by atoms with E-state index in [1.807, 2.05) is 6.07 Å². The van der Waals surface area contributed by atoms with Crippen LogP contribution in [-0.2, 0) is 0 Å². The lowest BCUT2D eigenvalue weighted by molar-refractivity contribution is 0.314. The third kappa shape index (κ3) is 1.81. The molecule has 3 heteroatoms. The SMILES string of the molecule is N[C@@H]1CCCOc2c(I)cccc21. The molecule has 0 aromatic heterocycles. The number of halogens is 1. The van der Waals surface area contributed by atoms with Crippen LogP contribution in [0.2, 0.25) is 0 Å². The van der Waals surface area contributed by atoms with Gasteiger partial charge in [0.25, 0.3) is 0 Å². The van der Waals surface area contributed by atoms with Crippen molar-refractivity contribution >= 4 is 22.6 Å². The fraction of sp³-hybridized carbons (Fsp3) is 0.400. The highest BCUT2D eigenvalue weighted by Gasteiger charge is 2.17. The summed E-state index contributed by atoms with van der Waals surface area (Å²) in [7, 11) is 0. The Kier molecular flexibility index (Phi) is 2.74. The van der Waals surface area contributed by atoms with Crippen LogP contribution < -0.4 is 10.5 Å². The maximum atomic E-state index is 6.03. The van der Waals surface area contributed by atoms with Crippen LogP contribution in [0.5, 0.6) is 5.75 Å². The van der Waals surface area contributed by atoms with Crippen LogP contribution in [0.15, 0.2) is 18.2 Å². The summed E-state index contributed by atoms with van der Waals surface area (Å²) < 4.78 is 6.82. The van der Waals surface area contributed by atoms with Crippen molar-refractivity contribution in [2.75, 3.05) is 6.61 Å². The molecular weight excluding hydrogens is 277 g/mol. The second kappa shape index (κ2) is 3.84. The maximum Gasteiger partial charge on any atom is 0.137 e. The van der Waals surface area contributed by atoms with E-state index in [0.717, 1.165) is 34.3 Å². The minimum atomic E-state index is 0.146. The quantitative estimate of drug-likeness (QED) is 0.745. The number of fused-ring (bicyclic) bond motifs is 1. The third-order valence-electron chi connectivity index (χ3n) is 2.30. The third-order valence-corrected chi connectivity index (χ3v) is 3.15. The van der Waals surface area contributed by atoms with Gasteiger partial charge in [-0.1, -0.05) is 12.1 Å². The van der Waals surface area contributed by atoms with E-state index in [2.05, 4.69) is 34.7 Å². The van der Waals surface area contributed by atoms with E-state index in [1.165, 1.54) is 0 Å². The van der Waals surface area contributed by atoms with Gasteiger partial charge in [0.15, 0.2) is 0 Å². The lowest BCUT2D eigenvalue weighted by atomic mass is 10.0. The van der Waals surface area contributed by atoms with Gasteiger partial charge in [0.05, 0.1) is 10.2 Å². The molecular formula is C10H12INO. The van der Waals surface area contributed by atoms with Gasteiger partial charge in [-0.05, 0) is 41.5 Å². The molecule has 13 heavy (non-hydrogen) atoms. The Morgan fingerprint density at radius 2 is 2.31 bits per heavy atom. The molecule has 1 heterocycles. The van der Waals surface area contributed by atoms with Crippen LogP contribution >= 0.6 is 22.6 Å². The maximum absolute atomic E-state index is 6.03. The summed E-state index contributed by atoms with van der Waals surface area (Å²) in [6, 6.07) is 6.30. The van der Waals surface area contributed by atoms with E-state index in [0.29, 0.717) is 0 Å². The number of para-hydroxylation sites is 1. The average molecular weight is 289 g/mol. The second-order valence-corrected chi connectivity index (χ2v) is 4.42. The summed E-state index contributed by atoms with van der Waals surface area (Å²) in [5.41, 5.74) is 7.19. The van der Waals surface area contributed by atoms with Gasteiger partial charge in [0, 0.05) is 11.6 Å². The van der Waals surface area contributed by atoms with Crippen molar-refractivity contribution in [1.29, 1.82) is 0 Å². The molecule has 1 aliphatic rings. The molecule has 0 bridgehead atoms. The molecule has 70 valence electrons. The zero-order valence-corrected chi connectivity index (χ0v) is 9.45. The van der Waals surface area contributed by atoms with Crippen molar-refractivity contribution in [1.82, 2.24) is 0 Å². The first-order valence-electron chi connectivity index (χ1n) is 4.46. The Hall–Kier alpha value is -0.290. The summed E-state index contributed by atoms with van der Waals surface area (Å²) in [5, 5.41) is 0. The number of nitrogens with two attached hydrogens (primary N) is 1. The molecule has 0 aliphatic carbocycles. The summed E-state index contributed by atoms with van der Waals surface area (Å²) in [5.74, 6) is 0.994. The zero-order chi connectivity index (χ0) is 9.26. The van der Waals surface area contributed by atoms with Gasteiger partial charge in [-0.15, -0.1) is 0 Å². The van der Waals surface area contributed by atoms with Gasteiger partial charge >= 0.3 is 0 Å². The fourth-order valence-electron chi connectivity index (χ4n) is 1.60. The first-order valence-corrected chi connectivity index (χ1v) is 5.53. The highest BCUT2D eigenvalue weighted by Crippen LogP contribution is 2.33. The molecule has 1 aliphatic heterocycles. The van der Waals surface area contributed by atoms with Crippen LogP contribution in [0, 0.1) is 3.57 Å². The number of hydrogen-bond acceptors (Lipinski definition) is 2. The van der Waals surface area contributed by atoms with Crippen molar-refractivity contribution in [2.45, 2.75) is 18.9 Å². The second-order valence-electron chi connectivity index (χ2n) is 3.26. The van der Waals surface area contributed by atoms with Crippen LogP contribution in [0.1, 0.15) is 24.4 Å². The van der Waals surface area contributed by atoms with Gasteiger partial charge in [0.2, 0.25) is 0 Å². The molecule has 1 atom stereocenters.